The molecule has 1 saturated heterocycles. The number of hydrogen-bond donors (Lipinski definition) is 0. The molecule has 0 aromatic carbocycles. The smallest absolute Gasteiger partial charge is 0.128 e. The molecule has 2 unspecified atom stereocenters. The lowest BCUT2D eigenvalue weighted by molar-refractivity contribution is 0.718. The number of pyridine rings is 1. The zero-order valence-corrected chi connectivity index (χ0v) is 13.5. The maximum absolute atomic E-state index is 4.96. The van der Waals surface area contributed by atoms with Crippen molar-refractivity contribution >= 4 is 5.82 Å². The molecule has 1 aliphatic carbocycles. The van der Waals surface area contributed by atoms with Crippen LogP contribution in [0, 0.1) is 11.8 Å². The van der Waals surface area contributed by atoms with Crippen molar-refractivity contribution in [3.63, 3.8) is 0 Å². The monoisotopic (exact) mass is 296 g/mol. The molecule has 2 aromatic rings. The van der Waals surface area contributed by atoms with Crippen molar-refractivity contribution in [1.29, 1.82) is 0 Å². The number of anilines is 1. The van der Waals surface area contributed by atoms with Crippen LogP contribution in [0.15, 0.2) is 24.5 Å². The van der Waals surface area contributed by atoms with Crippen LogP contribution in [0.5, 0.6) is 0 Å². The van der Waals surface area contributed by atoms with Gasteiger partial charge in [0.25, 0.3) is 0 Å². The summed E-state index contributed by atoms with van der Waals surface area (Å²) in [7, 11) is 0. The van der Waals surface area contributed by atoms with Crippen molar-refractivity contribution < 1.29 is 0 Å². The Morgan fingerprint density at radius 1 is 1.14 bits per heavy atom. The Labute approximate surface area is 132 Å². The maximum Gasteiger partial charge on any atom is 0.128 e. The molecule has 0 N–H and O–H groups in total. The Balaban J connectivity index is 1.57. The zero-order valence-electron chi connectivity index (χ0n) is 13.5. The van der Waals surface area contributed by atoms with E-state index in [1.54, 1.807) is 0 Å². The van der Waals surface area contributed by atoms with Crippen molar-refractivity contribution in [2.75, 3.05) is 18.0 Å². The first-order valence-corrected chi connectivity index (χ1v) is 8.52. The van der Waals surface area contributed by atoms with Crippen LogP contribution in [-0.2, 0) is 19.4 Å². The third-order valence-electron chi connectivity index (χ3n) is 5.15. The van der Waals surface area contributed by atoms with Crippen LogP contribution in [0.2, 0.25) is 0 Å². The van der Waals surface area contributed by atoms with Gasteiger partial charge < -0.3 is 9.47 Å². The van der Waals surface area contributed by atoms with Crippen molar-refractivity contribution in [2.45, 2.75) is 39.7 Å². The number of hydrogen-bond acceptors (Lipinski definition) is 3. The SMILES string of the molecule is CCc1nc(N2CC3CC3C2)ccc1Cn1ccnc1CC. The fraction of sp³-hybridized carbons (Fsp3) is 0.556. The lowest BCUT2D eigenvalue weighted by Gasteiger charge is -2.21. The fourth-order valence-corrected chi connectivity index (χ4v) is 3.71. The van der Waals surface area contributed by atoms with Crippen molar-refractivity contribution in [2.24, 2.45) is 11.8 Å². The third kappa shape index (κ3) is 2.40. The van der Waals surface area contributed by atoms with E-state index in [-0.39, 0.29) is 0 Å². The van der Waals surface area contributed by atoms with Gasteiger partial charge in [0.05, 0.1) is 6.54 Å². The van der Waals surface area contributed by atoms with E-state index < -0.39 is 0 Å². The molecule has 116 valence electrons. The second-order valence-corrected chi connectivity index (χ2v) is 6.61. The van der Waals surface area contributed by atoms with Crippen LogP contribution in [0.4, 0.5) is 5.82 Å². The normalized spacial score (nSPS) is 22.9. The molecule has 0 amide bonds. The van der Waals surface area contributed by atoms with Gasteiger partial charge in [-0.1, -0.05) is 19.9 Å². The first-order chi connectivity index (χ1) is 10.8. The highest BCUT2D eigenvalue weighted by molar-refractivity contribution is 5.44. The molecule has 2 aromatic heterocycles. The van der Waals surface area contributed by atoms with Crippen LogP contribution in [0.1, 0.15) is 37.4 Å². The predicted molar refractivity (Wildman–Crippen MR) is 88.1 cm³/mol. The maximum atomic E-state index is 4.96. The summed E-state index contributed by atoms with van der Waals surface area (Å²) in [5.74, 6) is 4.22. The first-order valence-electron chi connectivity index (χ1n) is 8.52. The number of piperidine rings is 1. The molecule has 1 aliphatic heterocycles. The average Bonchev–Trinajstić information content (AvgIpc) is 2.97. The van der Waals surface area contributed by atoms with Crippen LogP contribution in [-0.4, -0.2) is 27.6 Å². The molecule has 4 heteroatoms. The van der Waals surface area contributed by atoms with Gasteiger partial charge in [0, 0.05) is 37.6 Å². The Morgan fingerprint density at radius 3 is 2.68 bits per heavy atom. The molecule has 3 heterocycles. The Bertz CT molecular complexity index is 665. The summed E-state index contributed by atoms with van der Waals surface area (Å²) >= 11 is 0. The molecule has 1 saturated carbocycles. The highest BCUT2D eigenvalue weighted by atomic mass is 15.2. The van der Waals surface area contributed by atoms with E-state index in [0.29, 0.717) is 0 Å². The number of aromatic nitrogens is 3. The first kappa shape index (κ1) is 13.8. The minimum absolute atomic E-state index is 0.880. The Kier molecular flexibility index (Phi) is 3.40. The largest absolute Gasteiger partial charge is 0.356 e. The van der Waals surface area contributed by atoms with E-state index >= 15 is 0 Å². The summed E-state index contributed by atoms with van der Waals surface area (Å²) in [5, 5.41) is 0. The van der Waals surface area contributed by atoms with E-state index in [2.05, 4.69) is 46.6 Å². The van der Waals surface area contributed by atoms with Crippen LogP contribution in [0.25, 0.3) is 0 Å². The van der Waals surface area contributed by atoms with Gasteiger partial charge in [0.1, 0.15) is 11.6 Å². The van der Waals surface area contributed by atoms with Gasteiger partial charge >= 0.3 is 0 Å². The Hall–Kier alpha value is -1.84. The highest BCUT2D eigenvalue weighted by Crippen LogP contribution is 2.45. The zero-order chi connectivity index (χ0) is 15.1. The summed E-state index contributed by atoms with van der Waals surface area (Å²) in [4.78, 5) is 11.8. The van der Waals surface area contributed by atoms with E-state index in [1.165, 1.54) is 36.6 Å². The lowest BCUT2D eigenvalue weighted by Crippen LogP contribution is -2.23. The van der Waals surface area contributed by atoms with Crippen molar-refractivity contribution in [3.05, 3.63) is 41.6 Å². The molecular formula is C18H24N4. The van der Waals surface area contributed by atoms with E-state index in [0.717, 1.165) is 37.0 Å². The molecule has 2 fully saturated rings. The van der Waals surface area contributed by atoms with E-state index in [9.17, 15) is 0 Å². The highest BCUT2D eigenvalue weighted by Gasteiger charge is 2.45. The van der Waals surface area contributed by atoms with Gasteiger partial charge in [0.15, 0.2) is 0 Å². The van der Waals surface area contributed by atoms with Gasteiger partial charge in [-0.3, -0.25) is 0 Å². The fourth-order valence-electron chi connectivity index (χ4n) is 3.71. The van der Waals surface area contributed by atoms with Gasteiger partial charge in [-0.2, -0.15) is 0 Å². The van der Waals surface area contributed by atoms with Gasteiger partial charge in [-0.05, 0) is 36.3 Å². The standard InChI is InChI=1S/C18H24N4/c1-3-16-13(10-21-8-7-19-17(21)4-2)5-6-18(20-16)22-11-14-9-15(14)12-22/h5-8,14-15H,3-4,9-12H2,1-2H3. The number of fused-ring (bicyclic) bond motifs is 1. The number of rotatable bonds is 5. The minimum Gasteiger partial charge on any atom is -0.356 e. The third-order valence-corrected chi connectivity index (χ3v) is 5.15. The second-order valence-electron chi connectivity index (χ2n) is 6.61. The summed E-state index contributed by atoms with van der Waals surface area (Å²) in [6.07, 6.45) is 7.36. The van der Waals surface area contributed by atoms with Gasteiger partial charge in [-0.25, -0.2) is 9.97 Å². The lowest BCUT2D eigenvalue weighted by atomic mass is 10.1. The molecule has 0 bridgehead atoms. The van der Waals surface area contributed by atoms with E-state index in [4.69, 9.17) is 4.98 Å². The Morgan fingerprint density at radius 2 is 1.95 bits per heavy atom. The van der Waals surface area contributed by atoms with Crippen LogP contribution >= 0.6 is 0 Å². The minimum atomic E-state index is 0.880. The summed E-state index contributed by atoms with van der Waals surface area (Å²) in [6.45, 7) is 7.65. The van der Waals surface area contributed by atoms with Crippen molar-refractivity contribution in [3.8, 4) is 0 Å². The quantitative estimate of drug-likeness (QED) is 0.851. The molecule has 2 aliphatic rings. The molecule has 22 heavy (non-hydrogen) atoms. The van der Waals surface area contributed by atoms with Crippen molar-refractivity contribution in [1.82, 2.24) is 14.5 Å². The molecule has 2 atom stereocenters. The van der Waals surface area contributed by atoms with Gasteiger partial charge in [0.2, 0.25) is 0 Å². The summed E-state index contributed by atoms with van der Waals surface area (Å²) in [5.41, 5.74) is 2.55. The molecule has 4 rings (SSSR count). The van der Waals surface area contributed by atoms with E-state index in [1.807, 2.05) is 6.20 Å². The van der Waals surface area contributed by atoms with Gasteiger partial charge in [-0.15, -0.1) is 0 Å². The van der Waals surface area contributed by atoms with Crippen LogP contribution < -0.4 is 4.90 Å². The van der Waals surface area contributed by atoms with Crippen LogP contribution in [0.3, 0.4) is 0 Å². The number of imidazole rings is 1. The molecule has 4 nitrogen and oxygen atoms in total. The summed E-state index contributed by atoms with van der Waals surface area (Å²) in [6, 6.07) is 4.48. The number of aryl methyl sites for hydroxylation is 2. The topological polar surface area (TPSA) is 34.0 Å². The summed E-state index contributed by atoms with van der Waals surface area (Å²) < 4.78 is 2.24. The molecule has 0 spiro atoms. The predicted octanol–water partition coefficient (Wildman–Crippen LogP) is 2.91. The average molecular weight is 296 g/mol. The molecule has 0 radical (unpaired) electrons. The number of nitrogens with zero attached hydrogens (tertiary/aromatic N) is 4. The second kappa shape index (κ2) is 5.41. The molecular weight excluding hydrogens is 272 g/mol.